The highest BCUT2D eigenvalue weighted by Gasteiger charge is 2.54. The van der Waals surface area contributed by atoms with Crippen molar-refractivity contribution in [2.45, 2.75) is 181 Å². The lowest BCUT2D eigenvalue weighted by molar-refractivity contribution is -0.344. The summed E-state index contributed by atoms with van der Waals surface area (Å²) in [6, 6.07) is 0. The first kappa shape index (κ1) is 47.0. The minimum atomic E-state index is -1.84. The number of hydrogen-bond acceptors (Lipinski definition) is 20. The third-order valence-corrected chi connectivity index (χ3v) is 12.7. The number of ether oxygens (including phenoxy) is 7. The Hall–Kier alpha value is -2.45. The van der Waals surface area contributed by atoms with Crippen molar-refractivity contribution in [3.8, 4) is 0 Å². The van der Waals surface area contributed by atoms with Crippen LogP contribution in [0.2, 0.25) is 0 Å². The van der Waals surface area contributed by atoms with Crippen LogP contribution >= 0.6 is 0 Å². The van der Waals surface area contributed by atoms with Crippen molar-refractivity contribution in [1.82, 2.24) is 0 Å². The Balaban J connectivity index is 1.15. The predicted molar refractivity (Wildman–Crippen MR) is 196 cm³/mol. The van der Waals surface area contributed by atoms with Gasteiger partial charge in [-0.15, -0.1) is 0 Å². The van der Waals surface area contributed by atoms with Gasteiger partial charge >= 0.3 is 17.9 Å². The minimum Gasteiger partial charge on any atom is -0.481 e. The number of aliphatic hydroxyl groups excluding tert-OH is 10. The Kier molecular flexibility index (Phi) is 16.3. The Morgan fingerprint density at radius 2 is 1.18 bits per heavy atom. The first-order chi connectivity index (χ1) is 28.5. The van der Waals surface area contributed by atoms with Gasteiger partial charge in [-0.1, -0.05) is 6.08 Å². The maximum Gasteiger partial charge on any atom is 0.330 e. The summed E-state index contributed by atoms with van der Waals surface area (Å²) < 4.78 is 41.1. The van der Waals surface area contributed by atoms with Crippen LogP contribution in [0.25, 0.3) is 0 Å². The molecule has 0 radical (unpaired) electrons. The molecule has 3 heterocycles. The second kappa shape index (κ2) is 20.8. The molecule has 0 bridgehead atoms. The number of esters is 2. The molecule has 3 aliphatic heterocycles. The van der Waals surface area contributed by atoms with Gasteiger partial charge in [-0.25, -0.2) is 4.79 Å². The van der Waals surface area contributed by atoms with Crippen LogP contribution in [0.3, 0.4) is 0 Å². The Labute approximate surface area is 345 Å². The van der Waals surface area contributed by atoms with E-state index in [-0.39, 0.29) is 37.5 Å². The van der Waals surface area contributed by atoms with Crippen molar-refractivity contribution in [2.75, 3.05) is 13.2 Å². The molecule has 3 aliphatic carbocycles. The average molecular weight is 865 g/mol. The number of carboxylic acids is 1. The molecule has 21 nitrogen and oxygen atoms in total. The van der Waals surface area contributed by atoms with Gasteiger partial charge in [0.1, 0.15) is 68.5 Å². The molecule has 0 aromatic heterocycles. The van der Waals surface area contributed by atoms with E-state index in [1.165, 1.54) is 6.08 Å². The quantitative estimate of drug-likeness (QED) is 0.0486. The number of fused-ring (bicyclic) bond motifs is 1. The van der Waals surface area contributed by atoms with Crippen LogP contribution in [0, 0.1) is 17.8 Å². The van der Waals surface area contributed by atoms with Crippen molar-refractivity contribution in [1.29, 1.82) is 0 Å². The third-order valence-electron chi connectivity index (χ3n) is 12.7. The van der Waals surface area contributed by atoms with Crippen LogP contribution in [-0.2, 0) is 47.5 Å². The number of rotatable bonds is 13. The molecule has 0 aromatic rings. The Bertz CT molecular complexity index is 1460. The van der Waals surface area contributed by atoms with Crippen molar-refractivity contribution >= 4 is 17.9 Å². The molecule has 3 saturated carbocycles. The number of aliphatic hydroxyl groups is 10. The fraction of sp³-hybridized carbons (Fsp3) is 0.872. The molecule has 6 aliphatic rings. The molecule has 19 unspecified atom stereocenters. The van der Waals surface area contributed by atoms with Crippen LogP contribution in [-0.4, -0.2) is 198 Å². The first-order valence-electron chi connectivity index (χ1n) is 20.8. The van der Waals surface area contributed by atoms with E-state index in [4.69, 9.17) is 38.3 Å². The number of aliphatic carboxylic acids is 1. The van der Waals surface area contributed by atoms with Crippen LogP contribution in [0.15, 0.2) is 12.2 Å². The molecular formula is C39H60O21. The van der Waals surface area contributed by atoms with Crippen LogP contribution in [0.1, 0.15) is 70.6 Å². The standard InChI is InChI=1S/C39H60O21/c40-18-5-3-17(4-6-18)37-25(58-39-36(53)34(51)31(48)26(60-39)14-54-29(46)8-2-16-1-7-21(42)22(43)9-16)12-20-23(56-37)10-19(41)11-24(20)57-38-35(52)33(50)32(49)27(59-38)15-55-30(47)13-28(44)45/h2,8,16-27,31-43,48-53H,1,3-7,9-15H2,(H,44,45). The molecule has 21 heteroatoms. The lowest BCUT2D eigenvalue weighted by Crippen LogP contribution is -2.63. The van der Waals surface area contributed by atoms with Crippen molar-refractivity contribution in [3.63, 3.8) is 0 Å². The molecule has 0 amide bonds. The maximum absolute atomic E-state index is 12.6. The van der Waals surface area contributed by atoms with Gasteiger partial charge in [0.2, 0.25) is 0 Å². The van der Waals surface area contributed by atoms with E-state index in [9.17, 15) is 65.4 Å². The summed E-state index contributed by atoms with van der Waals surface area (Å²) in [4.78, 5) is 35.3. The molecule has 19 atom stereocenters. The SMILES string of the molecule is O=C(O)CC(=O)OCC1OC(OC2CC(O)CC3OC(C4CCC(O)CC4)C(OC4OC(COC(=O)C=CC5CCC(O)C(O)C5)C(O)C(O)C4O)CC23)C(O)C(O)C1O. The topological polar surface area (TPSA) is 338 Å². The molecule has 0 aromatic carbocycles. The number of allylic oxidation sites excluding steroid dienone is 1. The molecule has 6 rings (SSSR count). The number of hydrogen-bond donors (Lipinski definition) is 11. The van der Waals surface area contributed by atoms with Gasteiger partial charge < -0.3 is 89.3 Å². The monoisotopic (exact) mass is 864 g/mol. The third kappa shape index (κ3) is 11.6. The van der Waals surface area contributed by atoms with Gasteiger partial charge in [0, 0.05) is 18.4 Å². The number of carbonyl (C=O) groups excluding carboxylic acids is 2. The molecule has 3 saturated heterocycles. The molecule has 60 heavy (non-hydrogen) atoms. The molecule has 11 N–H and O–H groups in total. The highest BCUT2D eigenvalue weighted by Crippen LogP contribution is 2.45. The molecular weight excluding hydrogens is 804 g/mol. The summed E-state index contributed by atoms with van der Waals surface area (Å²) in [7, 11) is 0. The fourth-order valence-corrected chi connectivity index (χ4v) is 9.30. The van der Waals surface area contributed by atoms with E-state index in [1.807, 2.05) is 0 Å². The molecule has 342 valence electrons. The van der Waals surface area contributed by atoms with Crippen LogP contribution < -0.4 is 0 Å². The maximum atomic E-state index is 12.6. The summed E-state index contributed by atoms with van der Waals surface area (Å²) in [5, 5.41) is 115. The smallest absolute Gasteiger partial charge is 0.330 e. The fourth-order valence-electron chi connectivity index (χ4n) is 9.30. The van der Waals surface area contributed by atoms with Crippen LogP contribution in [0.4, 0.5) is 0 Å². The van der Waals surface area contributed by atoms with Crippen molar-refractivity contribution < 1.29 is 104 Å². The van der Waals surface area contributed by atoms with E-state index in [2.05, 4.69) is 0 Å². The summed E-state index contributed by atoms with van der Waals surface area (Å²) in [5.74, 6) is -4.29. The van der Waals surface area contributed by atoms with Gasteiger partial charge in [0.15, 0.2) is 12.6 Å². The summed E-state index contributed by atoms with van der Waals surface area (Å²) in [5.41, 5.74) is 0. The van der Waals surface area contributed by atoms with E-state index < -0.39 is 154 Å². The zero-order valence-electron chi connectivity index (χ0n) is 33.0. The van der Waals surface area contributed by atoms with Gasteiger partial charge in [-0.05, 0) is 69.6 Å². The Morgan fingerprint density at radius 1 is 0.583 bits per heavy atom. The number of carbonyl (C=O) groups is 3. The van der Waals surface area contributed by atoms with Gasteiger partial charge in [0.25, 0.3) is 0 Å². The highest BCUT2D eigenvalue weighted by atomic mass is 16.7. The molecule has 0 spiro atoms. The van der Waals surface area contributed by atoms with Gasteiger partial charge in [0.05, 0.1) is 48.8 Å². The summed E-state index contributed by atoms with van der Waals surface area (Å²) >= 11 is 0. The Morgan fingerprint density at radius 3 is 1.78 bits per heavy atom. The lowest BCUT2D eigenvalue weighted by Gasteiger charge is -2.52. The second-order valence-corrected chi connectivity index (χ2v) is 17.1. The first-order valence-corrected chi connectivity index (χ1v) is 20.8. The summed E-state index contributed by atoms with van der Waals surface area (Å²) in [6.07, 6.45) is -17.6. The highest BCUT2D eigenvalue weighted by molar-refractivity contribution is 5.90. The molecule has 6 fully saturated rings. The zero-order chi connectivity index (χ0) is 43.4. The largest absolute Gasteiger partial charge is 0.481 e. The van der Waals surface area contributed by atoms with E-state index in [1.54, 1.807) is 6.08 Å². The normalized spacial score (nSPS) is 46.3. The average Bonchev–Trinajstić information content (AvgIpc) is 3.20. The number of carboxylic acid groups (broad SMARTS) is 1. The predicted octanol–water partition coefficient (Wildman–Crippen LogP) is -3.51. The van der Waals surface area contributed by atoms with Crippen molar-refractivity contribution in [3.05, 3.63) is 12.2 Å². The van der Waals surface area contributed by atoms with E-state index in [0.717, 1.165) is 0 Å². The second-order valence-electron chi connectivity index (χ2n) is 17.1. The zero-order valence-corrected chi connectivity index (χ0v) is 33.0. The van der Waals surface area contributed by atoms with Gasteiger partial charge in [-0.3, -0.25) is 9.59 Å². The lowest BCUT2D eigenvalue weighted by atomic mass is 9.73. The van der Waals surface area contributed by atoms with E-state index in [0.29, 0.717) is 38.5 Å². The van der Waals surface area contributed by atoms with E-state index >= 15 is 0 Å². The van der Waals surface area contributed by atoms with Crippen LogP contribution in [0.5, 0.6) is 0 Å². The van der Waals surface area contributed by atoms with Crippen molar-refractivity contribution in [2.24, 2.45) is 17.8 Å². The summed E-state index contributed by atoms with van der Waals surface area (Å²) in [6.45, 7) is -1.21. The minimum absolute atomic E-state index is 0.000341. The van der Waals surface area contributed by atoms with Gasteiger partial charge in [-0.2, -0.15) is 0 Å².